The lowest BCUT2D eigenvalue weighted by Gasteiger charge is -2.06. The largest absolute Gasteiger partial charge is 0.274 e. The van der Waals surface area contributed by atoms with Gasteiger partial charge in [-0.05, 0) is 39.7 Å². The van der Waals surface area contributed by atoms with Crippen LogP contribution in [0.15, 0.2) is 53.0 Å². The zero-order valence-electron chi connectivity index (χ0n) is 9.90. The average Bonchev–Trinajstić information content (AvgIpc) is 2.43. The molecular formula is C14H11BrFNO2. The van der Waals surface area contributed by atoms with Gasteiger partial charge in [0.25, 0.3) is 5.91 Å². The second-order valence-electron chi connectivity index (χ2n) is 3.83. The van der Waals surface area contributed by atoms with Crippen LogP contribution in [0.25, 0.3) is 0 Å². The summed E-state index contributed by atoms with van der Waals surface area (Å²) in [5, 5.41) is 0. The Morgan fingerprint density at radius 2 is 1.95 bits per heavy atom. The van der Waals surface area contributed by atoms with Gasteiger partial charge in [-0.15, -0.1) is 0 Å². The Labute approximate surface area is 118 Å². The van der Waals surface area contributed by atoms with Crippen LogP contribution in [-0.4, -0.2) is 5.91 Å². The van der Waals surface area contributed by atoms with E-state index in [0.717, 1.165) is 5.56 Å². The number of rotatable bonds is 4. The van der Waals surface area contributed by atoms with Crippen LogP contribution < -0.4 is 5.48 Å². The molecule has 98 valence electrons. The minimum Gasteiger partial charge on any atom is -0.269 e. The van der Waals surface area contributed by atoms with E-state index in [2.05, 4.69) is 21.4 Å². The van der Waals surface area contributed by atoms with Crippen molar-refractivity contribution < 1.29 is 14.0 Å². The Kier molecular flexibility index (Phi) is 4.65. The van der Waals surface area contributed by atoms with E-state index in [9.17, 15) is 9.18 Å². The maximum atomic E-state index is 13.0. The quantitative estimate of drug-likeness (QED) is 0.875. The van der Waals surface area contributed by atoms with Crippen LogP contribution in [0.3, 0.4) is 0 Å². The van der Waals surface area contributed by atoms with Crippen molar-refractivity contribution in [3.8, 4) is 0 Å². The lowest BCUT2D eigenvalue weighted by Crippen LogP contribution is -2.23. The van der Waals surface area contributed by atoms with Crippen LogP contribution in [0, 0.1) is 5.82 Å². The zero-order valence-corrected chi connectivity index (χ0v) is 11.5. The number of benzene rings is 2. The Morgan fingerprint density at radius 3 is 2.63 bits per heavy atom. The molecule has 3 nitrogen and oxygen atoms in total. The van der Waals surface area contributed by atoms with Crippen LogP contribution in [0.4, 0.5) is 4.39 Å². The summed E-state index contributed by atoms with van der Waals surface area (Å²) in [5.41, 5.74) is 3.58. The summed E-state index contributed by atoms with van der Waals surface area (Å²) in [5.74, 6) is -0.835. The second kappa shape index (κ2) is 6.45. The summed E-state index contributed by atoms with van der Waals surface area (Å²) in [7, 11) is 0. The fourth-order valence-electron chi connectivity index (χ4n) is 1.46. The van der Waals surface area contributed by atoms with Gasteiger partial charge in [0.1, 0.15) is 5.82 Å². The van der Waals surface area contributed by atoms with Crippen molar-refractivity contribution >= 4 is 21.8 Å². The van der Waals surface area contributed by atoms with Crippen molar-refractivity contribution in [1.82, 2.24) is 5.48 Å². The highest BCUT2D eigenvalue weighted by Gasteiger charge is 2.08. The van der Waals surface area contributed by atoms with E-state index < -0.39 is 11.7 Å². The van der Waals surface area contributed by atoms with Crippen molar-refractivity contribution in [3.05, 3.63) is 69.9 Å². The van der Waals surface area contributed by atoms with E-state index in [0.29, 0.717) is 5.56 Å². The van der Waals surface area contributed by atoms with E-state index in [1.807, 2.05) is 30.3 Å². The molecular weight excluding hydrogens is 313 g/mol. The number of nitrogens with one attached hydrogen (secondary N) is 1. The summed E-state index contributed by atoms with van der Waals surface area (Å²) < 4.78 is 13.3. The smallest absolute Gasteiger partial charge is 0.269 e. The molecule has 19 heavy (non-hydrogen) atoms. The van der Waals surface area contributed by atoms with Gasteiger partial charge in [-0.25, -0.2) is 9.87 Å². The topological polar surface area (TPSA) is 38.3 Å². The molecule has 0 spiro atoms. The molecule has 0 aromatic heterocycles. The molecule has 0 aliphatic carbocycles. The molecule has 2 aromatic rings. The van der Waals surface area contributed by atoms with Crippen LogP contribution in [0.5, 0.6) is 0 Å². The van der Waals surface area contributed by atoms with Crippen LogP contribution >= 0.6 is 15.9 Å². The van der Waals surface area contributed by atoms with Gasteiger partial charge in [0, 0.05) is 5.56 Å². The van der Waals surface area contributed by atoms with Crippen molar-refractivity contribution in [2.45, 2.75) is 6.61 Å². The van der Waals surface area contributed by atoms with Crippen molar-refractivity contribution in [1.29, 1.82) is 0 Å². The fourth-order valence-corrected chi connectivity index (χ4v) is 1.83. The molecule has 0 heterocycles. The first-order valence-electron chi connectivity index (χ1n) is 5.58. The number of carbonyl (C=O) groups excluding carboxylic acids is 1. The summed E-state index contributed by atoms with van der Waals surface area (Å²) in [6, 6.07) is 13.5. The molecule has 0 fully saturated rings. The second-order valence-corrected chi connectivity index (χ2v) is 4.69. The van der Waals surface area contributed by atoms with Crippen LogP contribution in [0.2, 0.25) is 0 Å². The first-order valence-corrected chi connectivity index (χ1v) is 6.37. The molecule has 1 N–H and O–H groups in total. The predicted molar refractivity (Wildman–Crippen MR) is 72.8 cm³/mol. The van der Waals surface area contributed by atoms with Gasteiger partial charge in [0.05, 0.1) is 11.1 Å². The molecule has 2 aromatic carbocycles. The first-order chi connectivity index (χ1) is 9.16. The van der Waals surface area contributed by atoms with Gasteiger partial charge in [0.15, 0.2) is 0 Å². The number of hydroxylamine groups is 1. The maximum absolute atomic E-state index is 13.0. The zero-order chi connectivity index (χ0) is 13.7. The number of halogens is 2. The molecule has 0 saturated carbocycles. The average molecular weight is 324 g/mol. The van der Waals surface area contributed by atoms with E-state index in [1.165, 1.54) is 18.2 Å². The van der Waals surface area contributed by atoms with Gasteiger partial charge < -0.3 is 0 Å². The predicted octanol–water partition coefficient (Wildman–Crippen LogP) is 3.45. The van der Waals surface area contributed by atoms with Gasteiger partial charge in [-0.1, -0.05) is 30.3 Å². The molecule has 0 aliphatic heterocycles. The number of hydrogen-bond acceptors (Lipinski definition) is 2. The molecule has 0 bridgehead atoms. The Morgan fingerprint density at radius 1 is 1.21 bits per heavy atom. The highest BCUT2D eigenvalue weighted by atomic mass is 79.9. The standard InChI is InChI=1S/C14H11BrFNO2/c15-12-8-11(6-7-13(12)16)14(18)17-19-9-10-4-2-1-3-5-10/h1-8H,9H2,(H,17,18). The van der Waals surface area contributed by atoms with E-state index >= 15 is 0 Å². The number of carbonyl (C=O) groups is 1. The lowest BCUT2D eigenvalue weighted by molar-refractivity contribution is 0.0233. The SMILES string of the molecule is O=C(NOCc1ccccc1)c1ccc(F)c(Br)c1. The molecule has 0 aliphatic rings. The fraction of sp³-hybridized carbons (Fsp3) is 0.0714. The highest BCUT2D eigenvalue weighted by Crippen LogP contribution is 2.16. The van der Waals surface area contributed by atoms with E-state index in [-0.39, 0.29) is 11.1 Å². The van der Waals surface area contributed by atoms with Gasteiger partial charge in [0.2, 0.25) is 0 Å². The molecule has 2 rings (SSSR count). The Bertz CT molecular complexity index is 575. The number of amides is 1. The van der Waals surface area contributed by atoms with Crippen molar-refractivity contribution in [2.75, 3.05) is 0 Å². The normalized spacial score (nSPS) is 10.2. The lowest BCUT2D eigenvalue weighted by atomic mass is 10.2. The molecule has 0 radical (unpaired) electrons. The first kappa shape index (κ1) is 13.7. The monoisotopic (exact) mass is 323 g/mol. The summed E-state index contributed by atoms with van der Waals surface area (Å²) >= 11 is 3.02. The molecule has 1 amide bonds. The van der Waals surface area contributed by atoms with Crippen molar-refractivity contribution in [3.63, 3.8) is 0 Å². The van der Waals surface area contributed by atoms with Gasteiger partial charge in [-0.2, -0.15) is 0 Å². The molecule has 0 unspecified atom stereocenters. The van der Waals surface area contributed by atoms with Gasteiger partial charge >= 0.3 is 0 Å². The number of hydrogen-bond donors (Lipinski definition) is 1. The molecule has 0 saturated heterocycles. The Balaban J connectivity index is 1.89. The van der Waals surface area contributed by atoms with E-state index in [1.54, 1.807) is 0 Å². The Hall–Kier alpha value is -1.72. The van der Waals surface area contributed by atoms with Crippen molar-refractivity contribution in [2.24, 2.45) is 0 Å². The minimum absolute atomic E-state index is 0.239. The molecule has 5 heteroatoms. The third kappa shape index (κ3) is 3.87. The van der Waals surface area contributed by atoms with Crippen LogP contribution in [0.1, 0.15) is 15.9 Å². The summed E-state index contributed by atoms with van der Waals surface area (Å²) in [6.45, 7) is 0.273. The van der Waals surface area contributed by atoms with Crippen LogP contribution in [-0.2, 0) is 11.4 Å². The summed E-state index contributed by atoms with van der Waals surface area (Å²) in [6.07, 6.45) is 0. The third-order valence-electron chi connectivity index (χ3n) is 2.43. The molecule has 0 atom stereocenters. The van der Waals surface area contributed by atoms with Gasteiger partial charge in [-0.3, -0.25) is 9.63 Å². The minimum atomic E-state index is -0.420. The highest BCUT2D eigenvalue weighted by molar-refractivity contribution is 9.10. The summed E-state index contributed by atoms with van der Waals surface area (Å²) in [4.78, 5) is 16.8. The van der Waals surface area contributed by atoms with E-state index in [4.69, 9.17) is 4.84 Å². The maximum Gasteiger partial charge on any atom is 0.274 e. The third-order valence-corrected chi connectivity index (χ3v) is 3.04.